The quantitative estimate of drug-likeness (QED) is 0.497. The number of thiol groups is 1. The van der Waals surface area contributed by atoms with Crippen LogP contribution in [0.25, 0.3) is 0 Å². The van der Waals surface area contributed by atoms with E-state index in [0.29, 0.717) is 12.8 Å². The van der Waals surface area contributed by atoms with E-state index in [2.05, 4.69) is 17.9 Å². The summed E-state index contributed by atoms with van der Waals surface area (Å²) in [6.07, 6.45) is 0.237. The maximum absolute atomic E-state index is 12.9. The first kappa shape index (κ1) is 20.3. The normalized spacial score (nSPS) is 24.7. The van der Waals surface area contributed by atoms with Gasteiger partial charge in [0.2, 0.25) is 0 Å². The maximum Gasteiger partial charge on any atom is 0.408 e. The van der Waals surface area contributed by atoms with E-state index in [4.69, 9.17) is 4.74 Å². The highest BCUT2D eigenvalue weighted by Crippen LogP contribution is 2.28. The van der Waals surface area contributed by atoms with Gasteiger partial charge in [0, 0.05) is 18.6 Å². The molecule has 0 aromatic rings. The molecule has 0 aromatic heterocycles. The van der Waals surface area contributed by atoms with Crippen molar-refractivity contribution in [3.63, 3.8) is 0 Å². The number of carbonyl (C=O) groups excluding carboxylic acids is 2. The van der Waals surface area contributed by atoms with Gasteiger partial charge in [-0.25, -0.2) is 18.9 Å². The van der Waals surface area contributed by atoms with E-state index in [1.165, 1.54) is 0 Å². The molecule has 1 aliphatic rings. The third-order valence-electron chi connectivity index (χ3n) is 3.81. The highest BCUT2D eigenvalue weighted by atomic mass is 32.1. The van der Waals surface area contributed by atoms with Gasteiger partial charge in [0.15, 0.2) is 18.6 Å². The SMILES string of the molecule is CC(C)(C)OC(=O)N[C@@H](CS)C(=O)[N@@+]1(CC(=O)O)CCC[C@H]1C#N. The van der Waals surface area contributed by atoms with Crippen molar-refractivity contribution >= 4 is 30.6 Å². The Balaban J connectivity index is 3.01. The molecule has 3 atom stereocenters. The number of hydrogen-bond acceptors (Lipinski definition) is 6. The maximum atomic E-state index is 12.9. The fourth-order valence-corrected chi connectivity index (χ4v) is 3.11. The van der Waals surface area contributed by atoms with Crippen molar-refractivity contribution in [3.8, 4) is 6.07 Å². The molecule has 1 aliphatic heterocycles. The first-order chi connectivity index (χ1) is 11.1. The molecule has 0 unspecified atom stereocenters. The lowest BCUT2D eigenvalue weighted by atomic mass is 10.1. The van der Waals surface area contributed by atoms with Gasteiger partial charge in [-0.15, -0.1) is 0 Å². The number of likely N-dealkylation sites (tertiary alicyclic amines) is 1. The molecule has 2 N–H and O–H groups in total. The minimum Gasteiger partial charge on any atom is -0.477 e. The molecule has 0 saturated carbocycles. The Morgan fingerprint density at radius 3 is 2.54 bits per heavy atom. The molecule has 9 heteroatoms. The van der Waals surface area contributed by atoms with Crippen molar-refractivity contribution < 1.29 is 28.7 Å². The van der Waals surface area contributed by atoms with Gasteiger partial charge >= 0.3 is 18.0 Å². The second-order valence-corrected chi connectivity index (χ2v) is 7.18. The van der Waals surface area contributed by atoms with Crippen molar-refractivity contribution in [2.75, 3.05) is 18.8 Å². The van der Waals surface area contributed by atoms with Gasteiger partial charge in [0.1, 0.15) is 11.7 Å². The molecule has 8 nitrogen and oxygen atoms in total. The van der Waals surface area contributed by atoms with E-state index in [-0.39, 0.29) is 12.3 Å². The zero-order chi connectivity index (χ0) is 18.5. The van der Waals surface area contributed by atoms with Crippen LogP contribution >= 0.6 is 12.6 Å². The molecule has 1 saturated heterocycles. The molecule has 2 amide bonds. The van der Waals surface area contributed by atoms with Crippen molar-refractivity contribution in [2.45, 2.75) is 51.3 Å². The van der Waals surface area contributed by atoms with Crippen molar-refractivity contribution in [2.24, 2.45) is 0 Å². The predicted molar refractivity (Wildman–Crippen MR) is 88.3 cm³/mol. The smallest absolute Gasteiger partial charge is 0.408 e. The van der Waals surface area contributed by atoms with Gasteiger partial charge in [-0.2, -0.15) is 17.9 Å². The highest BCUT2D eigenvalue weighted by Gasteiger charge is 2.52. The fourth-order valence-electron chi connectivity index (χ4n) is 2.86. The Morgan fingerprint density at radius 2 is 2.08 bits per heavy atom. The van der Waals surface area contributed by atoms with Gasteiger partial charge in [0.25, 0.3) is 0 Å². The third-order valence-corrected chi connectivity index (χ3v) is 4.17. The molecule has 0 spiro atoms. The summed E-state index contributed by atoms with van der Waals surface area (Å²) in [5.74, 6) is -1.71. The van der Waals surface area contributed by atoms with Crippen LogP contribution in [0.3, 0.4) is 0 Å². The number of nitrogens with one attached hydrogen (secondary N) is 1. The lowest BCUT2D eigenvalue weighted by Crippen LogP contribution is -2.64. The van der Waals surface area contributed by atoms with Crippen LogP contribution in [0.15, 0.2) is 0 Å². The number of amides is 2. The van der Waals surface area contributed by atoms with Gasteiger partial charge in [-0.3, -0.25) is 0 Å². The molecule has 0 aliphatic carbocycles. The first-order valence-electron chi connectivity index (χ1n) is 7.68. The van der Waals surface area contributed by atoms with Crippen LogP contribution in [-0.4, -0.2) is 64.1 Å². The molecular formula is C15H24N3O5S+. The van der Waals surface area contributed by atoms with E-state index in [1.807, 2.05) is 6.07 Å². The van der Waals surface area contributed by atoms with Crippen LogP contribution in [0.5, 0.6) is 0 Å². The van der Waals surface area contributed by atoms with E-state index in [9.17, 15) is 24.8 Å². The number of alkyl carbamates (subject to hydrolysis) is 1. The number of carbonyl (C=O) groups is 3. The zero-order valence-corrected chi connectivity index (χ0v) is 15.0. The number of quaternary nitrogens is 1. The number of nitrogens with zero attached hydrogens (tertiary/aromatic N) is 2. The average Bonchev–Trinajstić information content (AvgIpc) is 2.85. The van der Waals surface area contributed by atoms with Crippen LogP contribution in [0.2, 0.25) is 0 Å². The minimum atomic E-state index is -1.17. The van der Waals surface area contributed by atoms with Crippen LogP contribution in [0, 0.1) is 11.3 Å². The molecule has 0 bridgehead atoms. The summed E-state index contributed by atoms with van der Waals surface area (Å²) in [4.78, 5) is 36.1. The fraction of sp³-hybridized carbons (Fsp3) is 0.733. The predicted octanol–water partition coefficient (Wildman–Crippen LogP) is 0.923. The summed E-state index contributed by atoms with van der Waals surface area (Å²) >= 11 is 4.09. The Bertz CT molecular complexity index is 554. The minimum absolute atomic E-state index is 0.0180. The zero-order valence-electron chi connectivity index (χ0n) is 14.1. The lowest BCUT2D eigenvalue weighted by molar-refractivity contribution is -0.851. The van der Waals surface area contributed by atoms with Crippen molar-refractivity contribution in [1.82, 2.24) is 5.32 Å². The van der Waals surface area contributed by atoms with Gasteiger partial charge in [-0.05, 0) is 20.8 Å². The number of ether oxygens (including phenoxy) is 1. The van der Waals surface area contributed by atoms with Crippen molar-refractivity contribution in [3.05, 3.63) is 0 Å². The summed E-state index contributed by atoms with van der Waals surface area (Å²) in [7, 11) is 0. The second kappa shape index (κ2) is 7.85. The number of carboxylic acid groups (broad SMARTS) is 1. The largest absolute Gasteiger partial charge is 0.477 e. The number of carboxylic acids is 1. The highest BCUT2D eigenvalue weighted by molar-refractivity contribution is 7.80. The van der Waals surface area contributed by atoms with Gasteiger partial charge in [0.05, 0.1) is 6.54 Å². The second-order valence-electron chi connectivity index (χ2n) is 6.82. The van der Waals surface area contributed by atoms with E-state index < -0.39 is 46.7 Å². The molecular weight excluding hydrogens is 334 g/mol. The van der Waals surface area contributed by atoms with Gasteiger partial charge in [-0.1, -0.05) is 0 Å². The van der Waals surface area contributed by atoms with Crippen LogP contribution in [0.1, 0.15) is 33.6 Å². The molecule has 1 fully saturated rings. The lowest BCUT2D eigenvalue weighted by Gasteiger charge is -2.35. The number of rotatable bonds is 5. The summed E-state index contributed by atoms with van der Waals surface area (Å²) in [5.41, 5.74) is -0.732. The summed E-state index contributed by atoms with van der Waals surface area (Å²) in [6, 6.07) is 0.260. The Morgan fingerprint density at radius 1 is 1.46 bits per heavy atom. The molecule has 134 valence electrons. The Kier molecular flexibility index (Phi) is 6.63. The molecule has 1 rings (SSSR count). The number of aliphatic carboxylic acids is 1. The van der Waals surface area contributed by atoms with E-state index >= 15 is 0 Å². The van der Waals surface area contributed by atoms with Crippen LogP contribution in [0.4, 0.5) is 4.79 Å². The molecule has 0 radical (unpaired) electrons. The monoisotopic (exact) mass is 358 g/mol. The van der Waals surface area contributed by atoms with Crippen LogP contribution < -0.4 is 5.32 Å². The summed E-state index contributed by atoms with van der Waals surface area (Å²) < 4.78 is 4.63. The molecule has 0 aromatic carbocycles. The standard InChI is InChI=1S/C15H23N3O5S/c1-15(2,3)23-14(22)17-11(9-24)13(21)18(8-12(19)20)6-4-5-10(18)7-16/h10-11H,4-6,8-9H2,1-3H3,(H2-,17,19,20,22,24)/p+1/t10-,11-,18+/m0/s1. The molecule has 24 heavy (non-hydrogen) atoms. The Labute approximate surface area is 146 Å². The number of nitriles is 1. The van der Waals surface area contributed by atoms with E-state index in [0.717, 1.165) is 0 Å². The summed E-state index contributed by atoms with van der Waals surface area (Å²) in [6.45, 7) is 4.83. The molecule has 1 heterocycles. The first-order valence-corrected chi connectivity index (χ1v) is 8.32. The summed E-state index contributed by atoms with van der Waals surface area (Å²) in [5, 5.41) is 20.9. The van der Waals surface area contributed by atoms with Crippen LogP contribution in [-0.2, 0) is 14.3 Å². The average molecular weight is 358 g/mol. The van der Waals surface area contributed by atoms with Crippen molar-refractivity contribution in [1.29, 1.82) is 5.26 Å². The topological polar surface area (TPSA) is 116 Å². The third kappa shape index (κ3) is 4.85. The number of hydrogen-bond donors (Lipinski definition) is 3. The van der Waals surface area contributed by atoms with Gasteiger partial charge < -0.3 is 15.2 Å². The van der Waals surface area contributed by atoms with E-state index in [1.54, 1.807) is 20.8 Å². The Hall–Kier alpha value is -1.79.